The van der Waals surface area contributed by atoms with Crippen LogP contribution in [0.3, 0.4) is 0 Å². The molecule has 0 amide bonds. The molecule has 0 aromatic heterocycles. The summed E-state index contributed by atoms with van der Waals surface area (Å²) >= 11 is -4.83. The van der Waals surface area contributed by atoms with E-state index in [-0.39, 0.29) is 4.46 Å². The molecule has 0 saturated carbocycles. The predicted octanol–water partition coefficient (Wildman–Crippen LogP) is -0.306. The zero-order valence-corrected chi connectivity index (χ0v) is 8.10. The predicted molar refractivity (Wildman–Crippen MR) is 42.0 cm³/mol. The fourth-order valence-electron chi connectivity index (χ4n) is 0.762. The second-order valence-electron chi connectivity index (χ2n) is 2.15. The maximum absolute atomic E-state index is 10.7. The molecule has 0 radical (unpaired) electrons. The molecule has 1 N–H and O–H groups in total. The Morgan fingerprint density at radius 1 is 1.42 bits per heavy atom. The van der Waals surface area contributed by atoms with Crippen LogP contribution in [0.5, 0.6) is 5.75 Å². The van der Waals surface area contributed by atoms with Gasteiger partial charge in [0.15, 0.2) is 0 Å². The van der Waals surface area contributed by atoms with E-state index in [9.17, 15) is 7.67 Å². The van der Waals surface area contributed by atoms with Crippen LogP contribution in [0.15, 0.2) is 24.3 Å². The van der Waals surface area contributed by atoms with Gasteiger partial charge >= 0.3 is 71.2 Å². The van der Waals surface area contributed by atoms with Gasteiger partial charge in [-0.2, -0.15) is 0 Å². The molecule has 5 heteroatoms. The number of benzene rings is 1. The Morgan fingerprint density at radius 3 is 2.58 bits per heavy atom. The topological polar surface area (TPSA) is 63.6 Å². The van der Waals surface area contributed by atoms with E-state index < -0.39 is 13.0 Å². The molecule has 66 valence electrons. The van der Waals surface area contributed by atoms with Gasteiger partial charge in [0.25, 0.3) is 0 Å². The van der Waals surface area contributed by atoms with Crippen LogP contribution in [0.4, 0.5) is 0 Å². The van der Waals surface area contributed by atoms with Crippen LogP contribution in [0.25, 0.3) is 0 Å². The van der Waals surface area contributed by atoms with Gasteiger partial charge in [-0.15, -0.1) is 0 Å². The number of rotatable bonds is 2. The minimum atomic E-state index is -4.83. The summed E-state index contributed by atoms with van der Waals surface area (Å²) in [5.74, 6) is 0.412. The summed E-state index contributed by atoms with van der Waals surface area (Å²) in [6.07, 6.45) is 0. The van der Waals surface area contributed by atoms with Gasteiger partial charge in [-0.25, -0.2) is 0 Å². The SMILES string of the molecule is COc1cccc([Se](=O)(=O)O)c1. The maximum atomic E-state index is 10.7. The Kier molecular flexibility index (Phi) is 2.47. The van der Waals surface area contributed by atoms with Crippen molar-refractivity contribution in [2.75, 3.05) is 7.11 Å². The molecule has 1 aromatic rings. The molecule has 0 aliphatic rings. The van der Waals surface area contributed by atoms with Crippen molar-refractivity contribution in [3.05, 3.63) is 24.3 Å². The van der Waals surface area contributed by atoms with E-state index in [1.807, 2.05) is 0 Å². The third kappa shape index (κ3) is 2.04. The third-order valence-corrected chi connectivity index (χ3v) is 3.12. The summed E-state index contributed by atoms with van der Waals surface area (Å²) in [6.45, 7) is 0. The Bertz CT molecular complexity index is 369. The van der Waals surface area contributed by atoms with E-state index in [0.717, 1.165) is 0 Å². The summed E-state index contributed by atoms with van der Waals surface area (Å²) in [5, 5.41) is 0. The Balaban J connectivity index is 3.20. The van der Waals surface area contributed by atoms with Crippen molar-refractivity contribution in [1.82, 2.24) is 0 Å². The third-order valence-electron chi connectivity index (χ3n) is 1.34. The quantitative estimate of drug-likeness (QED) is 0.714. The van der Waals surface area contributed by atoms with E-state index in [0.29, 0.717) is 5.75 Å². The fourth-order valence-corrected chi connectivity index (χ4v) is 1.84. The van der Waals surface area contributed by atoms with Gasteiger partial charge in [-0.1, -0.05) is 0 Å². The second-order valence-corrected chi connectivity index (χ2v) is 5.14. The molecule has 1 rings (SSSR count). The van der Waals surface area contributed by atoms with Crippen LogP contribution in [0, 0.1) is 0 Å². The number of methoxy groups -OCH3 is 1. The molecular formula is C7H8O4Se. The van der Waals surface area contributed by atoms with Crippen molar-refractivity contribution in [2.45, 2.75) is 0 Å². The van der Waals surface area contributed by atoms with Crippen LogP contribution in [0.2, 0.25) is 0 Å². The monoisotopic (exact) mass is 236 g/mol. The van der Waals surface area contributed by atoms with E-state index in [2.05, 4.69) is 0 Å². The summed E-state index contributed by atoms with van der Waals surface area (Å²) in [7, 11) is 1.43. The van der Waals surface area contributed by atoms with Gasteiger partial charge in [0, 0.05) is 0 Å². The summed E-state index contributed by atoms with van der Waals surface area (Å²) < 4.78 is 34.7. The molecule has 0 bridgehead atoms. The van der Waals surface area contributed by atoms with E-state index in [1.165, 1.54) is 25.3 Å². The van der Waals surface area contributed by atoms with Gasteiger partial charge in [-0.05, 0) is 0 Å². The van der Waals surface area contributed by atoms with Crippen LogP contribution in [-0.4, -0.2) is 24.3 Å². The van der Waals surface area contributed by atoms with Crippen LogP contribution < -0.4 is 9.20 Å². The van der Waals surface area contributed by atoms with Gasteiger partial charge in [0.2, 0.25) is 0 Å². The first-order valence-electron chi connectivity index (χ1n) is 3.15. The average Bonchev–Trinajstić information content (AvgIpc) is 2.03. The fraction of sp³-hybridized carbons (Fsp3) is 0.143. The molecule has 1 aromatic carbocycles. The molecule has 0 heterocycles. The molecular weight excluding hydrogens is 227 g/mol. The van der Waals surface area contributed by atoms with E-state index >= 15 is 0 Å². The van der Waals surface area contributed by atoms with E-state index in [4.69, 9.17) is 8.93 Å². The summed E-state index contributed by atoms with van der Waals surface area (Å²) in [6, 6.07) is 5.71. The van der Waals surface area contributed by atoms with Crippen LogP contribution >= 0.6 is 0 Å². The molecule has 12 heavy (non-hydrogen) atoms. The first-order chi connectivity index (χ1) is 5.54. The van der Waals surface area contributed by atoms with Crippen molar-refractivity contribution < 1.29 is 16.6 Å². The summed E-state index contributed by atoms with van der Waals surface area (Å²) in [5.41, 5.74) is 0. The van der Waals surface area contributed by atoms with Gasteiger partial charge in [0.05, 0.1) is 0 Å². The zero-order valence-electron chi connectivity index (χ0n) is 6.39. The van der Waals surface area contributed by atoms with Crippen molar-refractivity contribution in [1.29, 1.82) is 0 Å². The molecule has 0 unspecified atom stereocenters. The molecule has 0 aliphatic carbocycles. The van der Waals surface area contributed by atoms with E-state index in [1.54, 1.807) is 6.07 Å². The van der Waals surface area contributed by atoms with Gasteiger partial charge in [-0.3, -0.25) is 0 Å². The standard InChI is InChI=1S/C7H8O4Se/c1-11-6-3-2-4-7(5-6)12(8,9)10/h2-5H,1H3,(H,8,9,10). The molecule has 0 spiro atoms. The van der Waals surface area contributed by atoms with Crippen molar-refractivity contribution in [3.8, 4) is 5.75 Å². The summed E-state index contributed by atoms with van der Waals surface area (Å²) in [4.78, 5) is 0. The van der Waals surface area contributed by atoms with Crippen molar-refractivity contribution in [3.63, 3.8) is 0 Å². The molecule has 0 aliphatic heterocycles. The Morgan fingerprint density at radius 2 is 2.08 bits per heavy atom. The average molecular weight is 235 g/mol. The number of hydrogen-bond donors (Lipinski definition) is 1. The molecule has 4 nitrogen and oxygen atoms in total. The van der Waals surface area contributed by atoms with Gasteiger partial charge in [0.1, 0.15) is 0 Å². The molecule has 0 fully saturated rings. The molecule has 0 saturated heterocycles. The minimum absolute atomic E-state index is 0.0920. The first-order valence-corrected chi connectivity index (χ1v) is 6.18. The Labute approximate surface area is 71.7 Å². The first kappa shape index (κ1) is 9.19. The van der Waals surface area contributed by atoms with Crippen molar-refractivity contribution >= 4 is 17.5 Å². The van der Waals surface area contributed by atoms with Crippen LogP contribution in [0.1, 0.15) is 0 Å². The normalized spacial score (nSPS) is 11.2. The number of hydrogen-bond acceptors (Lipinski definition) is 3. The zero-order chi connectivity index (χ0) is 9.19. The molecule has 0 atom stereocenters. The second kappa shape index (κ2) is 3.23. The number of ether oxygens (including phenoxy) is 1. The van der Waals surface area contributed by atoms with Gasteiger partial charge < -0.3 is 0 Å². The van der Waals surface area contributed by atoms with Crippen molar-refractivity contribution in [2.24, 2.45) is 0 Å². The van der Waals surface area contributed by atoms with Crippen LogP contribution in [-0.2, 0) is 7.67 Å². The Hall–Kier alpha value is -0.901.